The zero-order chi connectivity index (χ0) is 46.9. The average Bonchev–Trinajstić information content (AvgIpc) is 3.97. The van der Waals surface area contributed by atoms with Gasteiger partial charge in [-0.05, 0) is 74.6 Å². The standard InChI is InChI=1S/2C18H25NO5.C7H4.B8/c1-10-14-13(17(21)24-10)8-11-9-18(22-6-7-23-18)5-4-12(11)15(14)16(20)19(2)3;1-14(6-8-16(20)19(2)3)24-17(21)9-7-15-5-4-10-18(13-15)22-11-12-23-18;1-3-5-7-6-4-2;1-6(2)8(5)7(3)4/h8,10,12-15H,4-7,9H2,1-3H3;5-9,14H,4,10-13H2,1-3H3;1-2H2;/b;8-6-,9-7+;;/t10?,12-,13-,14-,15+;14-;;/m11../s1. The van der Waals surface area contributed by atoms with Crippen molar-refractivity contribution in [3.8, 4) is 0 Å². The van der Waals surface area contributed by atoms with Crippen LogP contribution >= 0.6 is 0 Å². The van der Waals surface area contributed by atoms with Gasteiger partial charge in [-0.25, -0.2) is 4.79 Å². The van der Waals surface area contributed by atoms with E-state index in [0.29, 0.717) is 39.3 Å². The van der Waals surface area contributed by atoms with Crippen LogP contribution in [0.15, 0.2) is 89.4 Å². The Balaban J connectivity index is 0.000000255. The first-order chi connectivity index (χ1) is 29.8. The predicted octanol–water partition coefficient (Wildman–Crippen LogP) is 1.86. The van der Waals surface area contributed by atoms with Gasteiger partial charge in [0.2, 0.25) is 11.8 Å². The van der Waals surface area contributed by atoms with E-state index in [1.165, 1.54) is 17.1 Å². The molecular formula is C43H54B8N2O10. The maximum Gasteiger partial charge on any atom is 0.331 e. The van der Waals surface area contributed by atoms with Gasteiger partial charge in [0.1, 0.15) is 12.2 Å². The van der Waals surface area contributed by atoms with Crippen LogP contribution in [-0.4, -0.2) is 170 Å². The van der Waals surface area contributed by atoms with Gasteiger partial charge in [0.25, 0.3) is 0 Å². The van der Waals surface area contributed by atoms with Gasteiger partial charge in [0.15, 0.2) is 11.6 Å². The highest BCUT2D eigenvalue weighted by Crippen LogP contribution is 2.53. The number of fused-ring (bicyclic) bond motifs is 2. The van der Waals surface area contributed by atoms with E-state index < -0.39 is 42.8 Å². The Morgan fingerprint density at radius 1 is 0.873 bits per heavy atom. The summed E-state index contributed by atoms with van der Waals surface area (Å²) in [6, 6.07) is 0. The predicted molar refractivity (Wildman–Crippen MR) is 249 cm³/mol. The van der Waals surface area contributed by atoms with Crippen molar-refractivity contribution in [1.82, 2.24) is 9.80 Å². The van der Waals surface area contributed by atoms with Gasteiger partial charge in [0.05, 0.1) is 38.3 Å². The van der Waals surface area contributed by atoms with Crippen LogP contribution in [0.1, 0.15) is 52.4 Å². The molecule has 0 aromatic carbocycles. The molecule has 12 nitrogen and oxygen atoms in total. The molecule has 1 saturated carbocycles. The molecule has 10 radical (unpaired) electrons. The van der Waals surface area contributed by atoms with Crippen LogP contribution < -0.4 is 0 Å². The number of allylic oxidation sites excluding steroid dienone is 2. The largest absolute Gasteiger partial charge is 0.462 e. The second kappa shape index (κ2) is 25.4. The number of nitrogens with zero attached hydrogens (tertiary/aromatic N) is 2. The molecule has 6 atom stereocenters. The first kappa shape index (κ1) is 53.2. The SMILES string of the molecule is C=C=C=C=C=C=C.CC1OC(=O)[C@@H]2C=C3CC4(CC[C@H]3[C@H](C(=O)N(C)C)[C@H]12)OCCO4.C[C@H](/C=C\C(=O)N(C)C)OC(=O)/C=C/C1=CCCC2(C1)OCCO2.[B]B([B])B([B])B([B])[B]. The van der Waals surface area contributed by atoms with Crippen molar-refractivity contribution in [2.24, 2.45) is 23.7 Å². The molecule has 6 aliphatic rings. The summed E-state index contributed by atoms with van der Waals surface area (Å²) < 4.78 is 33.8. The fourth-order valence-electron chi connectivity index (χ4n) is 8.04. The molecule has 20 heteroatoms. The molecule has 0 N–H and O–H groups in total. The minimum Gasteiger partial charge on any atom is -0.462 e. The molecule has 320 valence electrons. The summed E-state index contributed by atoms with van der Waals surface area (Å²) in [5, 5.41) is 0. The van der Waals surface area contributed by atoms with E-state index in [0.717, 1.165) is 36.8 Å². The van der Waals surface area contributed by atoms with Crippen LogP contribution in [0.25, 0.3) is 0 Å². The van der Waals surface area contributed by atoms with Crippen molar-refractivity contribution in [3.63, 3.8) is 0 Å². The smallest absolute Gasteiger partial charge is 0.331 e. The van der Waals surface area contributed by atoms with Gasteiger partial charge in [-0.2, -0.15) is 0 Å². The van der Waals surface area contributed by atoms with Gasteiger partial charge in [-0.1, -0.05) is 35.3 Å². The Labute approximate surface area is 381 Å². The van der Waals surface area contributed by atoms with Crippen molar-refractivity contribution in [1.29, 1.82) is 0 Å². The van der Waals surface area contributed by atoms with E-state index in [1.807, 2.05) is 13.0 Å². The average molecular weight is 845 g/mol. The van der Waals surface area contributed by atoms with E-state index in [4.69, 9.17) is 67.1 Å². The lowest BCUT2D eigenvalue weighted by molar-refractivity contribution is -0.176. The van der Waals surface area contributed by atoms with E-state index in [2.05, 4.69) is 47.9 Å². The number of carbonyl (C=O) groups is 4. The molecule has 0 bridgehead atoms. The Morgan fingerprint density at radius 3 is 1.95 bits per heavy atom. The summed E-state index contributed by atoms with van der Waals surface area (Å²) in [4.78, 5) is 51.6. The molecule has 4 fully saturated rings. The third kappa shape index (κ3) is 15.8. The highest BCUT2D eigenvalue weighted by atomic mass is 16.7. The highest BCUT2D eigenvalue weighted by molar-refractivity contribution is 7.89. The number of ether oxygens (including phenoxy) is 6. The summed E-state index contributed by atoms with van der Waals surface area (Å²) in [5.41, 5.74) is 14.1. The molecule has 3 aliphatic heterocycles. The topological polar surface area (TPSA) is 130 Å². The lowest BCUT2D eigenvalue weighted by Crippen LogP contribution is -2.52. The van der Waals surface area contributed by atoms with Crippen molar-refractivity contribution < 1.29 is 47.6 Å². The summed E-state index contributed by atoms with van der Waals surface area (Å²) in [6.07, 6.45) is 12.4. The van der Waals surface area contributed by atoms with Gasteiger partial charge in [-0.15, -0.1) is 0 Å². The molecule has 2 amide bonds. The molecule has 63 heavy (non-hydrogen) atoms. The maximum atomic E-state index is 12.9. The third-order valence-electron chi connectivity index (χ3n) is 11.2. The Hall–Kier alpha value is -4.16. The van der Waals surface area contributed by atoms with E-state index in [-0.39, 0.29) is 47.6 Å². The lowest BCUT2D eigenvalue weighted by atomic mass is 8.68. The van der Waals surface area contributed by atoms with Gasteiger partial charge < -0.3 is 38.2 Å². The zero-order valence-corrected chi connectivity index (χ0v) is 37.5. The summed E-state index contributed by atoms with van der Waals surface area (Å²) >= 11 is 0. The van der Waals surface area contributed by atoms with Gasteiger partial charge >= 0.3 is 11.9 Å². The molecule has 3 aliphatic carbocycles. The molecule has 3 heterocycles. The molecule has 6 rings (SSSR count). The number of hydrogen-bond donors (Lipinski definition) is 0. The van der Waals surface area contributed by atoms with E-state index in [1.54, 1.807) is 52.2 Å². The summed E-state index contributed by atoms with van der Waals surface area (Å²) in [6.45, 7) is 12.6. The number of esters is 2. The van der Waals surface area contributed by atoms with Gasteiger partial charge in [-0.3, -0.25) is 14.4 Å². The summed E-state index contributed by atoms with van der Waals surface area (Å²) in [7, 11) is 32.7. The highest BCUT2D eigenvalue weighted by Gasteiger charge is 2.57. The van der Waals surface area contributed by atoms with Crippen LogP contribution in [0.4, 0.5) is 0 Å². The van der Waals surface area contributed by atoms with Crippen molar-refractivity contribution >= 4 is 81.6 Å². The van der Waals surface area contributed by atoms with E-state index >= 15 is 0 Å². The monoisotopic (exact) mass is 846 g/mol. The quantitative estimate of drug-likeness (QED) is 0.118. The number of likely N-dealkylation sites (N-methyl/N-ethyl adjacent to an activating group) is 1. The number of carbonyl (C=O) groups excluding carboxylic acids is 4. The third-order valence-corrected chi connectivity index (χ3v) is 11.2. The minimum atomic E-state index is -0.630. The van der Waals surface area contributed by atoms with Crippen LogP contribution in [0.5, 0.6) is 0 Å². The number of rotatable bonds is 8. The second-order valence-corrected chi connectivity index (χ2v) is 16.3. The van der Waals surface area contributed by atoms with Crippen molar-refractivity contribution in [2.75, 3.05) is 54.6 Å². The summed E-state index contributed by atoms with van der Waals surface area (Å²) in [5.74, 6) is -2.21. The zero-order valence-electron chi connectivity index (χ0n) is 37.5. The first-order valence-electron chi connectivity index (χ1n) is 21.0. The van der Waals surface area contributed by atoms with Crippen molar-refractivity contribution in [2.45, 2.75) is 76.2 Å². The second-order valence-electron chi connectivity index (χ2n) is 16.3. The maximum absolute atomic E-state index is 12.9. The Kier molecular flexibility index (Phi) is 21.4. The molecule has 3 saturated heterocycles. The van der Waals surface area contributed by atoms with Crippen LogP contribution in [0, 0.1) is 23.7 Å². The Morgan fingerprint density at radius 2 is 1.44 bits per heavy atom. The molecular weight excluding hydrogens is 791 g/mol. The lowest BCUT2D eigenvalue weighted by Gasteiger charge is -2.45. The molecule has 0 aromatic rings. The molecule has 1 unspecified atom stereocenters. The van der Waals surface area contributed by atoms with Crippen LogP contribution in [-0.2, 0) is 47.6 Å². The molecule has 0 aromatic heterocycles. The fraction of sp³-hybridized carbons (Fsp3) is 0.558. The number of hydrogen-bond acceptors (Lipinski definition) is 10. The molecule has 2 spiro atoms. The number of cyclic esters (lactones) is 1. The normalized spacial score (nSPS) is 24.7. The van der Waals surface area contributed by atoms with E-state index in [9.17, 15) is 19.2 Å². The minimum absolute atomic E-state index is 0.0689. The number of amides is 2. The van der Waals surface area contributed by atoms with Gasteiger partial charge in [0, 0.05) is 130 Å². The fourth-order valence-corrected chi connectivity index (χ4v) is 8.04. The Bertz CT molecular complexity index is 1900. The van der Waals surface area contributed by atoms with Crippen LogP contribution in [0.2, 0.25) is 0 Å². The van der Waals surface area contributed by atoms with Crippen molar-refractivity contribution in [3.05, 3.63) is 89.4 Å². The van der Waals surface area contributed by atoms with Crippen LogP contribution in [0.3, 0.4) is 0 Å². The first-order valence-corrected chi connectivity index (χ1v) is 21.0.